The first kappa shape index (κ1) is 13.4. The largest absolute Gasteiger partial charge is 0.353 e. The number of hydrogen-bond acceptors (Lipinski definition) is 4. The first-order chi connectivity index (χ1) is 9.78. The van der Waals surface area contributed by atoms with Crippen LogP contribution < -0.4 is 15.5 Å². The number of pyridine rings is 1. The summed E-state index contributed by atoms with van der Waals surface area (Å²) in [6.45, 7) is 4.45. The van der Waals surface area contributed by atoms with Crippen LogP contribution in [0, 0.1) is 0 Å². The van der Waals surface area contributed by atoms with E-state index in [2.05, 4.69) is 26.6 Å². The van der Waals surface area contributed by atoms with Gasteiger partial charge in [-0.2, -0.15) is 0 Å². The molecule has 0 spiro atoms. The molecule has 0 bridgehead atoms. The summed E-state index contributed by atoms with van der Waals surface area (Å²) in [6, 6.07) is 4.76. The standard InChI is InChI=1S/C15H22N4O/c1-2-13-15(20)16-7-8-19(13)14-6-3-11(10-18-14)9-17-12-4-5-12/h3,6,10,12-13,17H,2,4-5,7-9H2,1H3,(H,16,20). The second-order valence-electron chi connectivity index (χ2n) is 5.59. The summed E-state index contributed by atoms with van der Waals surface area (Å²) < 4.78 is 0. The van der Waals surface area contributed by atoms with Gasteiger partial charge < -0.3 is 15.5 Å². The van der Waals surface area contributed by atoms with E-state index in [1.165, 1.54) is 18.4 Å². The highest BCUT2D eigenvalue weighted by atomic mass is 16.2. The van der Waals surface area contributed by atoms with Gasteiger partial charge in [-0.15, -0.1) is 0 Å². The number of rotatable bonds is 5. The van der Waals surface area contributed by atoms with Gasteiger partial charge in [0.2, 0.25) is 5.91 Å². The van der Waals surface area contributed by atoms with Crippen molar-refractivity contribution in [1.82, 2.24) is 15.6 Å². The molecule has 1 aliphatic carbocycles. The number of nitrogens with one attached hydrogen (secondary N) is 2. The van der Waals surface area contributed by atoms with Crippen molar-refractivity contribution in [2.75, 3.05) is 18.0 Å². The Labute approximate surface area is 119 Å². The Hall–Kier alpha value is -1.62. The molecule has 2 heterocycles. The molecular formula is C15H22N4O. The zero-order valence-electron chi connectivity index (χ0n) is 11.9. The van der Waals surface area contributed by atoms with Gasteiger partial charge in [-0.25, -0.2) is 4.98 Å². The Balaban J connectivity index is 1.67. The van der Waals surface area contributed by atoms with Crippen LogP contribution in [0.3, 0.4) is 0 Å². The van der Waals surface area contributed by atoms with Gasteiger partial charge in [0.15, 0.2) is 0 Å². The van der Waals surface area contributed by atoms with E-state index >= 15 is 0 Å². The van der Waals surface area contributed by atoms with Crippen LogP contribution in [-0.4, -0.2) is 36.1 Å². The summed E-state index contributed by atoms with van der Waals surface area (Å²) in [4.78, 5) is 18.5. The number of piperazine rings is 1. The highest BCUT2D eigenvalue weighted by Gasteiger charge is 2.28. The van der Waals surface area contributed by atoms with Gasteiger partial charge in [0.05, 0.1) is 0 Å². The van der Waals surface area contributed by atoms with Crippen molar-refractivity contribution in [2.24, 2.45) is 0 Å². The van der Waals surface area contributed by atoms with Crippen LogP contribution in [0.2, 0.25) is 0 Å². The molecule has 1 aromatic rings. The van der Waals surface area contributed by atoms with Crippen molar-refractivity contribution in [1.29, 1.82) is 0 Å². The van der Waals surface area contributed by atoms with E-state index in [4.69, 9.17) is 0 Å². The fourth-order valence-corrected chi connectivity index (χ4v) is 2.64. The molecule has 2 aliphatic rings. The van der Waals surface area contributed by atoms with Crippen molar-refractivity contribution >= 4 is 11.7 Å². The van der Waals surface area contributed by atoms with Crippen LogP contribution in [0.4, 0.5) is 5.82 Å². The summed E-state index contributed by atoms with van der Waals surface area (Å²) in [5, 5.41) is 6.40. The fraction of sp³-hybridized carbons (Fsp3) is 0.600. The number of amides is 1. The van der Waals surface area contributed by atoms with Gasteiger partial charge in [0.1, 0.15) is 11.9 Å². The molecule has 3 rings (SSSR count). The molecule has 1 aromatic heterocycles. The molecule has 2 N–H and O–H groups in total. The van der Waals surface area contributed by atoms with Gasteiger partial charge in [-0.1, -0.05) is 13.0 Å². The minimum Gasteiger partial charge on any atom is -0.353 e. The van der Waals surface area contributed by atoms with Gasteiger partial charge >= 0.3 is 0 Å². The molecule has 5 heteroatoms. The zero-order chi connectivity index (χ0) is 13.9. The Morgan fingerprint density at radius 1 is 1.45 bits per heavy atom. The average Bonchev–Trinajstić information content (AvgIpc) is 3.30. The van der Waals surface area contributed by atoms with E-state index < -0.39 is 0 Å². The average molecular weight is 274 g/mol. The Morgan fingerprint density at radius 3 is 2.95 bits per heavy atom. The predicted octanol–water partition coefficient (Wildman–Crippen LogP) is 1.05. The van der Waals surface area contributed by atoms with E-state index in [9.17, 15) is 4.79 Å². The van der Waals surface area contributed by atoms with Gasteiger partial charge in [0, 0.05) is 31.9 Å². The van der Waals surface area contributed by atoms with Crippen molar-refractivity contribution in [2.45, 2.75) is 44.8 Å². The number of carbonyl (C=O) groups excluding carboxylic acids is 1. The summed E-state index contributed by atoms with van der Waals surface area (Å²) >= 11 is 0. The summed E-state index contributed by atoms with van der Waals surface area (Å²) in [7, 11) is 0. The van der Waals surface area contributed by atoms with Gasteiger partial charge in [-0.3, -0.25) is 4.79 Å². The van der Waals surface area contributed by atoms with Crippen molar-refractivity contribution in [3.05, 3.63) is 23.9 Å². The highest BCUT2D eigenvalue weighted by molar-refractivity contribution is 5.86. The lowest BCUT2D eigenvalue weighted by Crippen LogP contribution is -2.55. The Kier molecular flexibility index (Phi) is 3.87. The van der Waals surface area contributed by atoms with E-state index in [1.807, 2.05) is 19.2 Å². The lowest BCUT2D eigenvalue weighted by Gasteiger charge is -2.35. The van der Waals surface area contributed by atoms with Crippen LogP contribution >= 0.6 is 0 Å². The van der Waals surface area contributed by atoms with Crippen molar-refractivity contribution in [3.8, 4) is 0 Å². The molecule has 1 aliphatic heterocycles. The summed E-state index contributed by atoms with van der Waals surface area (Å²) in [5.41, 5.74) is 1.20. The Bertz CT molecular complexity index is 469. The molecule has 1 saturated carbocycles. The third kappa shape index (κ3) is 2.93. The third-order valence-corrected chi connectivity index (χ3v) is 3.99. The minimum atomic E-state index is -0.0910. The number of carbonyl (C=O) groups is 1. The lowest BCUT2D eigenvalue weighted by molar-refractivity contribution is -0.123. The Morgan fingerprint density at radius 2 is 2.30 bits per heavy atom. The molecular weight excluding hydrogens is 252 g/mol. The summed E-state index contributed by atoms with van der Waals surface area (Å²) in [5.74, 6) is 1.02. The molecule has 1 amide bonds. The van der Waals surface area contributed by atoms with Crippen LogP contribution in [0.1, 0.15) is 31.7 Å². The number of anilines is 1. The number of nitrogens with zero attached hydrogens (tertiary/aromatic N) is 2. The van der Waals surface area contributed by atoms with E-state index in [-0.39, 0.29) is 11.9 Å². The second-order valence-corrected chi connectivity index (χ2v) is 5.59. The maximum atomic E-state index is 11.9. The van der Waals surface area contributed by atoms with Crippen molar-refractivity contribution in [3.63, 3.8) is 0 Å². The van der Waals surface area contributed by atoms with Crippen LogP contribution in [0.25, 0.3) is 0 Å². The fourth-order valence-electron chi connectivity index (χ4n) is 2.64. The van der Waals surface area contributed by atoms with E-state index in [0.717, 1.165) is 25.3 Å². The molecule has 1 unspecified atom stereocenters. The quantitative estimate of drug-likeness (QED) is 0.842. The maximum absolute atomic E-state index is 11.9. The molecule has 0 aromatic carbocycles. The molecule has 20 heavy (non-hydrogen) atoms. The smallest absolute Gasteiger partial charge is 0.242 e. The summed E-state index contributed by atoms with van der Waals surface area (Å²) in [6.07, 6.45) is 5.32. The topological polar surface area (TPSA) is 57.3 Å². The van der Waals surface area contributed by atoms with Gasteiger partial charge in [-0.05, 0) is 30.9 Å². The molecule has 5 nitrogen and oxygen atoms in total. The minimum absolute atomic E-state index is 0.0910. The SMILES string of the molecule is CCC1C(=O)NCCN1c1ccc(CNC2CC2)cn1. The maximum Gasteiger partial charge on any atom is 0.242 e. The molecule has 108 valence electrons. The van der Waals surface area contributed by atoms with E-state index in [1.54, 1.807) is 0 Å². The van der Waals surface area contributed by atoms with Crippen LogP contribution in [0.5, 0.6) is 0 Å². The van der Waals surface area contributed by atoms with E-state index in [0.29, 0.717) is 12.6 Å². The highest BCUT2D eigenvalue weighted by Crippen LogP contribution is 2.21. The molecule has 0 radical (unpaired) electrons. The van der Waals surface area contributed by atoms with Crippen molar-refractivity contribution < 1.29 is 4.79 Å². The molecule has 2 fully saturated rings. The predicted molar refractivity (Wildman–Crippen MR) is 78.5 cm³/mol. The lowest BCUT2D eigenvalue weighted by atomic mass is 10.1. The normalized spacial score (nSPS) is 22.8. The first-order valence-corrected chi connectivity index (χ1v) is 7.50. The monoisotopic (exact) mass is 274 g/mol. The van der Waals surface area contributed by atoms with Gasteiger partial charge in [0.25, 0.3) is 0 Å². The molecule has 1 saturated heterocycles. The van der Waals surface area contributed by atoms with Crippen LogP contribution in [0.15, 0.2) is 18.3 Å². The second kappa shape index (κ2) is 5.79. The third-order valence-electron chi connectivity index (χ3n) is 3.99. The number of aromatic nitrogens is 1. The van der Waals surface area contributed by atoms with Crippen LogP contribution in [-0.2, 0) is 11.3 Å². The first-order valence-electron chi connectivity index (χ1n) is 7.50. The zero-order valence-corrected chi connectivity index (χ0v) is 11.9. The molecule has 1 atom stereocenters. The number of hydrogen-bond donors (Lipinski definition) is 2.